The van der Waals surface area contributed by atoms with E-state index in [1.165, 1.54) is 6.07 Å². The molecule has 0 spiro atoms. The monoisotopic (exact) mass is 211 g/mol. The van der Waals surface area contributed by atoms with E-state index in [2.05, 4.69) is 0 Å². The summed E-state index contributed by atoms with van der Waals surface area (Å²) in [5.74, 6) is 0.807. The lowest BCUT2D eigenvalue weighted by Gasteiger charge is -2.19. The quantitative estimate of drug-likeness (QED) is 0.806. The van der Waals surface area contributed by atoms with Crippen molar-refractivity contribution >= 4 is 0 Å². The van der Waals surface area contributed by atoms with Crippen LogP contribution in [0.4, 0.5) is 4.39 Å². The van der Waals surface area contributed by atoms with Gasteiger partial charge < -0.3 is 15.2 Å². The molecule has 0 amide bonds. The summed E-state index contributed by atoms with van der Waals surface area (Å²) in [6.45, 7) is 2.82. The number of halogens is 1. The van der Waals surface area contributed by atoms with E-state index in [0.717, 1.165) is 0 Å². The van der Waals surface area contributed by atoms with Gasteiger partial charge in [-0.3, -0.25) is 0 Å². The highest BCUT2D eigenvalue weighted by Gasteiger charge is 2.16. The van der Waals surface area contributed by atoms with Gasteiger partial charge in [0, 0.05) is 12.1 Å². The van der Waals surface area contributed by atoms with Crippen LogP contribution >= 0.6 is 0 Å². The predicted molar refractivity (Wildman–Crippen MR) is 54.7 cm³/mol. The molecule has 4 heteroatoms. The van der Waals surface area contributed by atoms with Gasteiger partial charge in [0.2, 0.25) is 0 Å². The van der Waals surface area contributed by atoms with Crippen LogP contribution in [0.25, 0.3) is 0 Å². The fourth-order valence-electron chi connectivity index (χ4n) is 1.61. The second-order valence-electron chi connectivity index (χ2n) is 3.77. The Morgan fingerprint density at radius 1 is 1.33 bits per heavy atom. The molecule has 1 unspecified atom stereocenters. The van der Waals surface area contributed by atoms with Crippen molar-refractivity contribution in [3.63, 3.8) is 0 Å². The molecule has 0 fully saturated rings. The van der Waals surface area contributed by atoms with E-state index < -0.39 is 0 Å². The Balaban J connectivity index is 2.32. The maximum absolute atomic E-state index is 13.5. The normalized spacial score (nSPS) is 16.2. The van der Waals surface area contributed by atoms with Crippen LogP contribution in [-0.4, -0.2) is 19.3 Å². The lowest BCUT2D eigenvalue weighted by atomic mass is 10.1. The van der Waals surface area contributed by atoms with Crippen LogP contribution in [0.1, 0.15) is 12.5 Å². The second-order valence-corrected chi connectivity index (χ2v) is 3.77. The Morgan fingerprint density at radius 2 is 1.93 bits per heavy atom. The first-order valence-corrected chi connectivity index (χ1v) is 5.00. The molecule has 1 atom stereocenters. The van der Waals surface area contributed by atoms with Crippen molar-refractivity contribution in [1.29, 1.82) is 0 Å². The van der Waals surface area contributed by atoms with Crippen LogP contribution in [0, 0.1) is 5.82 Å². The van der Waals surface area contributed by atoms with Gasteiger partial charge in [-0.25, -0.2) is 4.39 Å². The average Bonchev–Trinajstić information content (AvgIpc) is 2.18. The van der Waals surface area contributed by atoms with Gasteiger partial charge in [0.05, 0.1) is 0 Å². The first kappa shape index (κ1) is 10.2. The molecular formula is C11H14FNO2. The molecule has 1 aromatic rings. The SMILES string of the molecule is CC(N)Cc1cc2c(cc1F)OCCO2. The molecule has 0 saturated heterocycles. The number of nitrogens with two attached hydrogens (primary N) is 1. The minimum atomic E-state index is -0.281. The topological polar surface area (TPSA) is 44.5 Å². The fraction of sp³-hybridized carbons (Fsp3) is 0.455. The van der Waals surface area contributed by atoms with E-state index in [1.807, 2.05) is 6.92 Å². The first-order chi connectivity index (χ1) is 7.16. The number of rotatable bonds is 2. The molecule has 1 heterocycles. The van der Waals surface area contributed by atoms with Gasteiger partial charge in [0.25, 0.3) is 0 Å². The molecule has 0 aromatic heterocycles. The van der Waals surface area contributed by atoms with E-state index in [-0.39, 0.29) is 11.9 Å². The maximum atomic E-state index is 13.5. The van der Waals surface area contributed by atoms with Crippen LogP contribution in [0.5, 0.6) is 11.5 Å². The van der Waals surface area contributed by atoms with Crippen molar-refractivity contribution in [3.8, 4) is 11.5 Å². The minimum Gasteiger partial charge on any atom is -0.486 e. The highest BCUT2D eigenvalue weighted by molar-refractivity contribution is 5.44. The summed E-state index contributed by atoms with van der Waals surface area (Å²) in [6, 6.07) is 2.97. The Labute approximate surface area is 88.0 Å². The van der Waals surface area contributed by atoms with E-state index in [4.69, 9.17) is 15.2 Å². The number of fused-ring (bicyclic) bond motifs is 1. The van der Waals surface area contributed by atoms with Gasteiger partial charge in [0.1, 0.15) is 19.0 Å². The van der Waals surface area contributed by atoms with Gasteiger partial charge in [-0.05, 0) is 25.0 Å². The zero-order chi connectivity index (χ0) is 10.8. The fourth-order valence-corrected chi connectivity index (χ4v) is 1.61. The molecule has 82 valence electrons. The maximum Gasteiger partial charge on any atom is 0.164 e. The molecule has 0 saturated carbocycles. The number of hydrogen-bond donors (Lipinski definition) is 1. The smallest absolute Gasteiger partial charge is 0.164 e. The van der Waals surface area contributed by atoms with E-state index in [1.54, 1.807) is 6.07 Å². The van der Waals surface area contributed by atoms with Gasteiger partial charge >= 0.3 is 0 Å². The molecular weight excluding hydrogens is 197 g/mol. The molecule has 15 heavy (non-hydrogen) atoms. The van der Waals surface area contributed by atoms with Crippen LogP contribution < -0.4 is 15.2 Å². The standard InChI is InChI=1S/C11H14FNO2/c1-7(13)4-8-5-10-11(6-9(8)12)15-3-2-14-10/h5-7H,2-4,13H2,1H3. The summed E-state index contributed by atoms with van der Waals surface area (Å²) >= 11 is 0. The Bertz CT molecular complexity index is 366. The van der Waals surface area contributed by atoms with Crippen LogP contribution in [0.15, 0.2) is 12.1 Å². The summed E-state index contributed by atoms with van der Waals surface area (Å²) in [7, 11) is 0. The molecule has 0 radical (unpaired) electrons. The Hall–Kier alpha value is -1.29. The van der Waals surface area contributed by atoms with Crippen molar-refractivity contribution in [2.75, 3.05) is 13.2 Å². The third-order valence-corrected chi connectivity index (χ3v) is 2.25. The third kappa shape index (κ3) is 2.21. The van der Waals surface area contributed by atoms with Crippen molar-refractivity contribution in [2.45, 2.75) is 19.4 Å². The highest BCUT2D eigenvalue weighted by Crippen LogP contribution is 2.32. The van der Waals surface area contributed by atoms with E-state index in [9.17, 15) is 4.39 Å². The molecule has 0 aliphatic carbocycles. The van der Waals surface area contributed by atoms with Gasteiger partial charge in [-0.1, -0.05) is 0 Å². The lowest BCUT2D eigenvalue weighted by Crippen LogP contribution is -2.20. The van der Waals surface area contributed by atoms with Gasteiger partial charge in [-0.2, -0.15) is 0 Å². The summed E-state index contributed by atoms with van der Waals surface area (Å²) in [5, 5.41) is 0. The number of hydrogen-bond acceptors (Lipinski definition) is 3. The average molecular weight is 211 g/mol. The summed E-state index contributed by atoms with van der Waals surface area (Å²) < 4.78 is 24.2. The van der Waals surface area contributed by atoms with Crippen molar-refractivity contribution in [1.82, 2.24) is 0 Å². The van der Waals surface area contributed by atoms with Crippen LogP contribution in [-0.2, 0) is 6.42 Å². The van der Waals surface area contributed by atoms with E-state index >= 15 is 0 Å². The van der Waals surface area contributed by atoms with Crippen molar-refractivity contribution in [2.24, 2.45) is 5.73 Å². The molecule has 2 rings (SSSR count). The van der Waals surface area contributed by atoms with Gasteiger partial charge in [-0.15, -0.1) is 0 Å². The predicted octanol–water partition coefficient (Wildman–Crippen LogP) is 1.49. The zero-order valence-electron chi connectivity index (χ0n) is 8.63. The second kappa shape index (κ2) is 4.06. The van der Waals surface area contributed by atoms with Crippen molar-refractivity contribution < 1.29 is 13.9 Å². The summed E-state index contributed by atoms with van der Waals surface area (Å²) in [5.41, 5.74) is 6.21. The van der Waals surface area contributed by atoms with Crippen LogP contribution in [0.2, 0.25) is 0 Å². The first-order valence-electron chi connectivity index (χ1n) is 5.00. The highest BCUT2D eigenvalue weighted by atomic mass is 19.1. The van der Waals surface area contributed by atoms with Gasteiger partial charge in [0.15, 0.2) is 11.5 Å². The third-order valence-electron chi connectivity index (χ3n) is 2.25. The van der Waals surface area contributed by atoms with Crippen molar-refractivity contribution in [3.05, 3.63) is 23.5 Å². The lowest BCUT2D eigenvalue weighted by molar-refractivity contribution is 0.170. The largest absolute Gasteiger partial charge is 0.486 e. The molecule has 1 aliphatic rings. The molecule has 2 N–H and O–H groups in total. The Kier molecular flexibility index (Phi) is 2.77. The molecule has 1 aliphatic heterocycles. The Morgan fingerprint density at radius 3 is 2.53 bits per heavy atom. The summed E-state index contributed by atoms with van der Waals surface area (Å²) in [4.78, 5) is 0. The number of ether oxygens (including phenoxy) is 2. The van der Waals surface area contributed by atoms with E-state index in [0.29, 0.717) is 36.7 Å². The molecule has 0 bridgehead atoms. The number of benzene rings is 1. The van der Waals surface area contributed by atoms with Crippen LogP contribution in [0.3, 0.4) is 0 Å². The molecule has 3 nitrogen and oxygen atoms in total. The molecule has 1 aromatic carbocycles. The summed E-state index contributed by atoms with van der Waals surface area (Å²) in [6.07, 6.45) is 0.502. The minimum absolute atomic E-state index is 0.0675. The zero-order valence-corrected chi connectivity index (χ0v) is 8.63.